The lowest BCUT2D eigenvalue weighted by Gasteiger charge is -2.19. The van der Waals surface area contributed by atoms with E-state index in [1.54, 1.807) is 6.07 Å². The van der Waals surface area contributed by atoms with Crippen molar-refractivity contribution in [2.24, 2.45) is 0 Å². The number of nitrogens with zero attached hydrogens (tertiary/aromatic N) is 1. The number of para-hydroxylation sites is 1. The first-order valence-corrected chi connectivity index (χ1v) is 7.40. The summed E-state index contributed by atoms with van der Waals surface area (Å²) in [6.45, 7) is 1.03. The fourth-order valence-electron chi connectivity index (χ4n) is 2.00. The average Bonchev–Trinajstić information content (AvgIpc) is 3.12. The van der Waals surface area contributed by atoms with E-state index in [0.29, 0.717) is 6.54 Å². The fraction of sp³-hybridized carbons (Fsp3) is 0.294. The molecule has 2 rings (SSSR count). The van der Waals surface area contributed by atoms with E-state index < -0.39 is 5.97 Å². The number of amides is 1. The van der Waals surface area contributed by atoms with Crippen LogP contribution in [-0.2, 0) is 9.53 Å². The summed E-state index contributed by atoms with van der Waals surface area (Å²) in [6, 6.07) is 13.1. The van der Waals surface area contributed by atoms with Gasteiger partial charge in [-0.2, -0.15) is 0 Å². The Labute approximate surface area is 135 Å². The van der Waals surface area contributed by atoms with E-state index in [1.807, 2.05) is 37.4 Å². The van der Waals surface area contributed by atoms with Crippen molar-refractivity contribution in [1.29, 1.82) is 0 Å². The van der Waals surface area contributed by atoms with Crippen molar-refractivity contribution in [3.05, 3.63) is 54.5 Å². The van der Waals surface area contributed by atoms with Crippen molar-refractivity contribution in [2.45, 2.75) is 6.42 Å². The van der Waals surface area contributed by atoms with E-state index >= 15 is 0 Å². The van der Waals surface area contributed by atoms with Gasteiger partial charge < -0.3 is 19.4 Å². The van der Waals surface area contributed by atoms with Crippen LogP contribution in [0.5, 0.6) is 0 Å². The molecule has 0 aliphatic rings. The molecule has 0 unspecified atom stereocenters. The maximum atomic E-state index is 11.6. The molecule has 1 aromatic heterocycles. The maximum Gasteiger partial charge on any atom is 0.374 e. The van der Waals surface area contributed by atoms with Crippen LogP contribution in [0.25, 0.3) is 0 Å². The number of esters is 1. The molecular formula is C17H20N2O4. The minimum Gasteiger partial charge on any atom is -0.457 e. The molecule has 2 aromatic rings. The van der Waals surface area contributed by atoms with Gasteiger partial charge in [0.2, 0.25) is 5.76 Å². The molecule has 0 saturated heterocycles. The van der Waals surface area contributed by atoms with Gasteiger partial charge in [0.1, 0.15) is 0 Å². The number of benzene rings is 1. The van der Waals surface area contributed by atoms with Gasteiger partial charge in [0.15, 0.2) is 6.61 Å². The summed E-state index contributed by atoms with van der Waals surface area (Å²) in [5.41, 5.74) is 1.13. The van der Waals surface area contributed by atoms with Crippen LogP contribution in [0.1, 0.15) is 17.0 Å². The monoisotopic (exact) mass is 316 g/mol. The van der Waals surface area contributed by atoms with E-state index in [9.17, 15) is 9.59 Å². The summed E-state index contributed by atoms with van der Waals surface area (Å²) in [6.07, 6.45) is 2.17. The lowest BCUT2D eigenvalue weighted by atomic mass is 10.3. The van der Waals surface area contributed by atoms with Crippen molar-refractivity contribution >= 4 is 17.6 Å². The zero-order valence-corrected chi connectivity index (χ0v) is 13.0. The van der Waals surface area contributed by atoms with Crippen LogP contribution >= 0.6 is 0 Å². The molecule has 0 saturated carbocycles. The minimum atomic E-state index is -0.644. The molecule has 6 heteroatoms. The highest BCUT2D eigenvalue weighted by Gasteiger charge is 2.12. The first-order chi connectivity index (χ1) is 11.2. The lowest BCUT2D eigenvalue weighted by molar-refractivity contribution is -0.124. The smallest absolute Gasteiger partial charge is 0.374 e. The quantitative estimate of drug-likeness (QED) is 0.596. The van der Waals surface area contributed by atoms with E-state index in [-0.39, 0.29) is 18.3 Å². The topological polar surface area (TPSA) is 71.8 Å². The van der Waals surface area contributed by atoms with Crippen LogP contribution in [0.2, 0.25) is 0 Å². The summed E-state index contributed by atoms with van der Waals surface area (Å²) < 4.78 is 9.72. The lowest BCUT2D eigenvalue weighted by Crippen LogP contribution is -2.31. The van der Waals surface area contributed by atoms with Gasteiger partial charge in [-0.05, 0) is 30.7 Å². The minimum absolute atomic E-state index is 0.0854. The zero-order chi connectivity index (χ0) is 16.5. The highest BCUT2D eigenvalue weighted by molar-refractivity contribution is 5.88. The van der Waals surface area contributed by atoms with Crippen molar-refractivity contribution in [2.75, 3.05) is 31.6 Å². The number of anilines is 1. The highest BCUT2D eigenvalue weighted by atomic mass is 16.5. The number of nitrogens with one attached hydrogen (secondary N) is 1. The molecule has 122 valence electrons. The summed E-state index contributed by atoms with van der Waals surface area (Å²) in [7, 11) is 2.00. The van der Waals surface area contributed by atoms with Crippen molar-refractivity contribution in [3.8, 4) is 0 Å². The number of hydrogen-bond acceptors (Lipinski definition) is 5. The molecule has 0 fully saturated rings. The summed E-state index contributed by atoms with van der Waals surface area (Å²) >= 11 is 0. The van der Waals surface area contributed by atoms with Crippen molar-refractivity contribution in [1.82, 2.24) is 5.32 Å². The maximum absolute atomic E-state index is 11.6. The molecule has 1 amide bonds. The number of ether oxygens (including phenoxy) is 1. The Hall–Kier alpha value is -2.76. The Morgan fingerprint density at radius 2 is 1.96 bits per heavy atom. The molecule has 0 bridgehead atoms. The van der Waals surface area contributed by atoms with Crippen molar-refractivity contribution in [3.63, 3.8) is 0 Å². The Morgan fingerprint density at radius 3 is 2.65 bits per heavy atom. The van der Waals surface area contributed by atoms with E-state index in [4.69, 9.17) is 9.15 Å². The predicted octanol–water partition coefficient (Wildman–Crippen LogP) is 2.08. The summed E-state index contributed by atoms with van der Waals surface area (Å²) in [4.78, 5) is 25.2. The number of carbonyl (C=O) groups is 2. The molecule has 23 heavy (non-hydrogen) atoms. The number of rotatable bonds is 8. The van der Waals surface area contributed by atoms with E-state index in [1.165, 1.54) is 12.3 Å². The molecule has 0 atom stereocenters. The van der Waals surface area contributed by atoms with Crippen LogP contribution in [0.4, 0.5) is 5.69 Å². The first kappa shape index (κ1) is 16.6. The molecule has 1 heterocycles. The molecular weight excluding hydrogens is 296 g/mol. The molecule has 0 spiro atoms. The van der Waals surface area contributed by atoms with Crippen LogP contribution in [0.3, 0.4) is 0 Å². The van der Waals surface area contributed by atoms with Crippen LogP contribution in [-0.4, -0.2) is 38.6 Å². The molecule has 0 aliphatic carbocycles. The molecule has 0 radical (unpaired) electrons. The Kier molecular flexibility index (Phi) is 6.23. The van der Waals surface area contributed by atoms with Gasteiger partial charge in [-0.3, -0.25) is 4.79 Å². The van der Waals surface area contributed by atoms with Crippen LogP contribution in [0, 0.1) is 0 Å². The standard InChI is InChI=1S/C17H20N2O4/c1-19(14-7-3-2-4-8-14)11-6-10-18-16(20)13-23-17(21)15-9-5-12-22-15/h2-5,7-9,12H,6,10-11,13H2,1H3,(H,18,20). The van der Waals surface area contributed by atoms with Crippen LogP contribution < -0.4 is 10.2 Å². The second-order valence-electron chi connectivity index (χ2n) is 5.01. The van der Waals surface area contributed by atoms with Gasteiger partial charge in [-0.25, -0.2) is 4.79 Å². The fourth-order valence-corrected chi connectivity index (χ4v) is 2.00. The van der Waals surface area contributed by atoms with Gasteiger partial charge in [-0.15, -0.1) is 0 Å². The molecule has 1 N–H and O–H groups in total. The molecule has 6 nitrogen and oxygen atoms in total. The van der Waals surface area contributed by atoms with Gasteiger partial charge >= 0.3 is 5.97 Å². The first-order valence-electron chi connectivity index (χ1n) is 7.40. The largest absolute Gasteiger partial charge is 0.457 e. The Bertz CT molecular complexity index is 611. The third kappa shape index (κ3) is 5.50. The second-order valence-corrected chi connectivity index (χ2v) is 5.01. The van der Waals surface area contributed by atoms with Crippen molar-refractivity contribution < 1.29 is 18.7 Å². The number of hydrogen-bond donors (Lipinski definition) is 1. The number of carbonyl (C=O) groups excluding carboxylic acids is 2. The van der Waals surface area contributed by atoms with Crippen LogP contribution in [0.15, 0.2) is 53.1 Å². The number of furan rings is 1. The van der Waals surface area contributed by atoms with E-state index in [0.717, 1.165) is 18.7 Å². The predicted molar refractivity (Wildman–Crippen MR) is 86.3 cm³/mol. The molecule has 0 aliphatic heterocycles. The normalized spacial score (nSPS) is 10.1. The van der Waals surface area contributed by atoms with Gasteiger partial charge in [-0.1, -0.05) is 18.2 Å². The SMILES string of the molecule is CN(CCCNC(=O)COC(=O)c1ccco1)c1ccccc1. The van der Waals surface area contributed by atoms with E-state index in [2.05, 4.69) is 10.2 Å². The molecule has 1 aromatic carbocycles. The zero-order valence-electron chi connectivity index (χ0n) is 13.0. The Balaban J connectivity index is 1.59. The van der Waals surface area contributed by atoms with Gasteiger partial charge in [0.25, 0.3) is 5.91 Å². The third-order valence-corrected chi connectivity index (χ3v) is 3.25. The summed E-state index contributed by atoms with van der Waals surface area (Å²) in [5.74, 6) is -0.886. The van der Waals surface area contributed by atoms with Gasteiger partial charge in [0.05, 0.1) is 6.26 Å². The highest BCUT2D eigenvalue weighted by Crippen LogP contribution is 2.10. The Morgan fingerprint density at radius 1 is 1.17 bits per heavy atom. The second kappa shape index (κ2) is 8.63. The van der Waals surface area contributed by atoms with Gasteiger partial charge in [0, 0.05) is 25.8 Å². The third-order valence-electron chi connectivity index (χ3n) is 3.25. The average molecular weight is 316 g/mol. The summed E-state index contributed by atoms with van der Waals surface area (Å²) in [5, 5.41) is 2.72.